The summed E-state index contributed by atoms with van der Waals surface area (Å²) in [7, 11) is -1.49. The predicted octanol–water partition coefficient (Wildman–Crippen LogP) is 1.51. The number of hydrogen-bond donors (Lipinski definition) is 0. The van der Waals surface area contributed by atoms with Crippen LogP contribution in [0.2, 0.25) is 0 Å². The summed E-state index contributed by atoms with van der Waals surface area (Å²) in [5, 5.41) is 0. The van der Waals surface area contributed by atoms with E-state index in [2.05, 4.69) is 11.9 Å². The van der Waals surface area contributed by atoms with Crippen LogP contribution in [0.1, 0.15) is 5.56 Å². The van der Waals surface area contributed by atoms with E-state index in [-0.39, 0.29) is 4.90 Å². The van der Waals surface area contributed by atoms with E-state index in [0.717, 1.165) is 18.7 Å². The molecule has 1 unspecified atom stereocenters. The summed E-state index contributed by atoms with van der Waals surface area (Å²) >= 11 is 0. The Morgan fingerprint density at radius 3 is 2.37 bits per heavy atom. The standard InChI is InChI=1S/C14H19NO3S/c1-10-3-5-11(6-4-10)19(16,17)18-9-14-12-7-15(2)8-13(12)14/h3-6,12-14H,7-9H2,1-2H3/t12-,13+,14?. The molecule has 1 aromatic carbocycles. The fourth-order valence-electron chi connectivity index (χ4n) is 3.05. The Balaban J connectivity index is 1.59. The van der Waals surface area contributed by atoms with Crippen molar-refractivity contribution in [3.63, 3.8) is 0 Å². The highest BCUT2D eigenvalue weighted by atomic mass is 32.2. The highest BCUT2D eigenvalue weighted by Crippen LogP contribution is 2.51. The molecule has 2 fully saturated rings. The maximum atomic E-state index is 12.0. The molecule has 2 aliphatic rings. The summed E-state index contributed by atoms with van der Waals surface area (Å²) in [6.45, 7) is 4.41. The molecule has 0 amide bonds. The molecule has 4 nitrogen and oxygen atoms in total. The molecule has 0 N–H and O–H groups in total. The first-order chi connectivity index (χ1) is 8.97. The second-order valence-corrected chi connectivity index (χ2v) is 7.38. The van der Waals surface area contributed by atoms with Crippen molar-refractivity contribution in [3.8, 4) is 0 Å². The van der Waals surface area contributed by atoms with Crippen LogP contribution in [0.5, 0.6) is 0 Å². The Bertz CT molecular complexity index is 555. The Hall–Kier alpha value is -0.910. The second-order valence-electron chi connectivity index (χ2n) is 5.76. The average molecular weight is 281 g/mol. The predicted molar refractivity (Wildman–Crippen MR) is 72.3 cm³/mol. The molecule has 19 heavy (non-hydrogen) atoms. The van der Waals surface area contributed by atoms with E-state index in [1.165, 1.54) is 0 Å². The number of likely N-dealkylation sites (tertiary alicyclic amines) is 1. The van der Waals surface area contributed by atoms with Crippen molar-refractivity contribution in [3.05, 3.63) is 29.8 Å². The molecule has 104 valence electrons. The van der Waals surface area contributed by atoms with Gasteiger partial charge in [0.2, 0.25) is 0 Å². The third-order valence-electron chi connectivity index (χ3n) is 4.28. The SMILES string of the molecule is Cc1ccc(S(=O)(=O)OCC2[C@H]3CN(C)C[C@@H]23)cc1. The number of aryl methyl sites for hydroxylation is 1. The Kier molecular flexibility index (Phi) is 3.15. The maximum absolute atomic E-state index is 12.0. The fourth-order valence-corrected chi connectivity index (χ4v) is 3.99. The average Bonchev–Trinajstić information content (AvgIpc) is 2.82. The Morgan fingerprint density at radius 2 is 1.79 bits per heavy atom. The van der Waals surface area contributed by atoms with Gasteiger partial charge in [0, 0.05) is 13.1 Å². The van der Waals surface area contributed by atoms with Gasteiger partial charge >= 0.3 is 0 Å². The summed E-state index contributed by atoms with van der Waals surface area (Å²) in [6, 6.07) is 6.78. The molecular weight excluding hydrogens is 262 g/mol. The fraction of sp³-hybridized carbons (Fsp3) is 0.571. The van der Waals surface area contributed by atoms with Crippen LogP contribution in [0, 0.1) is 24.7 Å². The highest BCUT2D eigenvalue weighted by molar-refractivity contribution is 7.86. The quantitative estimate of drug-likeness (QED) is 0.785. The summed E-state index contributed by atoms with van der Waals surface area (Å²) in [4.78, 5) is 2.54. The number of piperidine rings is 1. The summed E-state index contributed by atoms with van der Waals surface area (Å²) in [6.07, 6.45) is 0. The minimum atomic E-state index is -3.59. The molecule has 3 rings (SSSR count). The van der Waals surface area contributed by atoms with Gasteiger partial charge in [0.1, 0.15) is 0 Å². The molecule has 0 aromatic heterocycles. The number of rotatable bonds is 4. The van der Waals surface area contributed by atoms with Gasteiger partial charge in [-0.2, -0.15) is 8.42 Å². The van der Waals surface area contributed by atoms with Crippen LogP contribution in [0.15, 0.2) is 29.2 Å². The molecule has 1 saturated carbocycles. The summed E-state index contributed by atoms with van der Waals surface area (Å²) in [5.41, 5.74) is 1.04. The smallest absolute Gasteiger partial charge is 0.296 e. The number of hydrogen-bond acceptors (Lipinski definition) is 4. The van der Waals surface area contributed by atoms with Crippen LogP contribution < -0.4 is 0 Å². The van der Waals surface area contributed by atoms with E-state index >= 15 is 0 Å². The zero-order chi connectivity index (χ0) is 13.6. The normalized spacial score (nSPS) is 30.3. The van der Waals surface area contributed by atoms with Crippen molar-refractivity contribution < 1.29 is 12.6 Å². The first-order valence-electron chi connectivity index (χ1n) is 6.62. The lowest BCUT2D eigenvalue weighted by molar-refractivity contribution is 0.257. The lowest BCUT2D eigenvalue weighted by atomic mass is 10.2. The van der Waals surface area contributed by atoms with E-state index in [1.807, 2.05) is 6.92 Å². The molecule has 1 aliphatic heterocycles. The lowest BCUT2D eigenvalue weighted by Crippen LogP contribution is -2.21. The third kappa shape index (κ3) is 2.55. The monoisotopic (exact) mass is 281 g/mol. The van der Waals surface area contributed by atoms with Gasteiger partial charge in [-0.1, -0.05) is 17.7 Å². The molecule has 1 heterocycles. The zero-order valence-electron chi connectivity index (χ0n) is 11.2. The van der Waals surface area contributed by atoms with Gasteiger partial charge in [-0.05, 0) is 43.9 Å². The second kappa shape index (κ2) is 4.58. The molecule has 0 spiro atoms. The van der Waals surface area contributed by atoms with Gasteiger partial charge in [-0.3, -0.25) is 4.18 Å². The first-order valence-corrected chi connectivity index (χ1v) is 8.03. The van der Waals surface area contributed by atoms with E-state index < -0.39 is 10.1 Å². The lowest BCUT2D eigenvalue weighted by Gasteiger charge is -2.13. The molecule has 1 saturated heterocycles. The zero-order valence-corrected chi connectivity index (χ0v) is 12.1. The van der Waals surface area contributed by atoms with Crippen LogP contribution in [0.4, 0.5) is 0 Å². The van der Waals surface area contributed by atoms with Crippen LogP contribution in [-0.4, -0.2) is 40.1 Å². The van der Waals surface area contributed by atoms with Crippen LogP contribution in [-0.2, 0) is 14.3 Å². The minimum Gasteiger partial charge on any atom is -0.306 e. The largest absolute Gasteiger partial charge is 0.306 e. The van der Waals surface area contributed by atoms with Crippen molar-refractivity contribution in [1.29, 1.82) is 0 Å². The molecule has 0 bridgehead atoms. The first kappa shape index (κ1) is 13.1. The molecule has 1 aromatic rings. The van der Waals surface area contributed by atoms with Gasteiger partial charge in [0.25, 0.3) is 10.1 Å². The van der Waals surface area contributed by atoms with Gasteiger partial charge in [0.05, 0.1) is 11.5 Å². The molecular formula is C14H19NO3S. The van der Waals surface area contributed by atoms with Crippen molar-refractivity contribution in [1.82, 2.24) is 4.90 Å². The van der Waals surface area contributed by atoms with Crippen LogP contribution in [0.25, 0.3) is 0 Å². The molecule has 5 heteroatoms. The topological polar surface area (TPSA) is 46.6 Å². The Labute approximate surface area is 114 Å². The van der Waals surface area contributed by atoms with E-state index in [0.29, 0.717) is 24.4 Å². The number of nitrogens with zero attached hydrogens (tertiary/aromatic N) is 1. The highest BCUT2D eigenvalue weighted by Gasteiger charge is 2.55. The molecule has 3 atom stereocenters. The van der Waals surface area contributed by atoms with E-state index in [9.17, 15) is 8.42 Å². The molecule has 1 aliphatic carbocycles. The van der Waals surface area contributed by atoms with E-state index in [1.54, 1.807) is 24.3 Å². The van der Waals surface area contributed by atoms with E-state index in [4.69, 9.17) is 4.18 Å². The number of benzene rings is 1. The van der Waals surface area contributed by atoms with Crippen molar-refractivity contribution in [2.45, 2.75) is 11.8 Å². The Morgan fingerprint density at radius 1 is 1.21 bits per heavy atom. The van der Waals surface area contributed by atoms with Gasteiger partial charge < -0.3 is 4.90 Å². The maximum Gasteiger partial charge on any atom is 0.296 e. The minimum absolute atomic E-state index is 0.251. The third-order valence-corrected chi connectivity index (χ3v) is 5.58. The van der Waals surface area contributed by atoms with Gasteiger partial charge in [0.15, 0.2) is 0 Å². The summed E-state index contributed by atoms with van der Waals surface area (Å²) < 4.78 is 29.3. The van der Waals surface area contributed by atoms with Gasteiger partial charge in [-0.15, -0.1) is 0 Å². The van der Waals surface area contributed by atoms with Crippen molar-refractivity contribution in [2.24, 2.45) is 17.8 Å². The number of fused-ring (bicyclic) bond motifs is 1. The summed E-state index contributed by atoms with van der Waals surface area (Å²) in [5.74, 6) is 1.70. The van der Waals surface area contributed by atoms with Crippen molar-refractivity contribution >= 4 is 10.1 Å². The molecule has 0 radical (unpaired) electrons. The van der Waals surface area contributed by atoms with Gasteiger partial charge in [-0.25, -0.2) is 0 Å². The van der Waals surface area contributed by atoms with Crippen LogP contribution >= 0.6 is 0 Å². The van der Waals surface area contributed by atoms with Crippen molar-refractivity contribution in [2.75, 3.05) is 26.7 Å². The van der Waals surface area contributed by atoms with Crippen LogP contribution in [0.3, 0.4) is 0 Å².